The van der Waals surface area contributed by atoms with Gasteiger partial charge in [0.05, 0.1) is 17.1 Å². The van der Waals surface area contributed by atoms with Gasteiger partial charge in [-0.3, -0.25) is 4.99 Å². The van der Waals surface area contributed by atoms with Gasteiger partial charge >= 0.3 is 0 Å². The second kappa shape index (κ2) is 25.2. The summed E-state index contributed by atoms with van der Waals surface area (Å²) >= 11 is 0. The third-order valence-electron chi connectivity index (χ3n) is 7.00. The lowest BCUT2D eigenvalue weighted by Crippen LogP contribution is -1.98. The lowest BCUT2D eigenvalue weighted by atomic mass is 10.1. The number of aliphatic imine (C=N–C) groups is 1. The maximum atomic E-state index is 4.96. The van der Waals surface area contributed by atoms with E-state index in [1.165, 1.54) is 68.3 Å². The monoisotopic (exact) mass is 624 g/mol. The molecule has 244 valence electrons. The number of rotatable bonds is 12. The number of aromatic nitrogens is 1. The number of hydrogen-bond donors (Lipinski definition) is 0. The molecule has 0 spiro atoms. The molecular weight excluding hydrogens is 573 g/mol. The van der Waals surface area contributed by atoms with Gasteiger partial charge in [-0.2, -0.15) is 10.2 Å². The molecule has 0 saturated heterocycles. The van der Waals surface area contributed by atoms with E-state index in [1.54, 1.807) is 0 Å². The van der Waals surface area contributed by atoms with Gasteiger partial charge in [0, 0.05) is 24.0 Å². The van der Waals surface area contributed by atoms with E-state index in [0.29, 0.717) is 0 Å². The normalized spacial score (nSPS) is 9.91. The van der Waals surface area contributed by atoms with Crippen molar-refractivity contribution in [3.63, 3.8) is 0 Å². The first-order valence-electron chi connectivity index (χ1n) is 16.9. The van der Waals surface area contributed by atoms with Gasteiger partial charge < -0.3 is 4.57 Å². The van der Waals surface area contributed by atoms with Crippen molar-refractivity contribution in [2.24, 2.45) is 15.2 Å². The molecule has 4 nitrogen and oxygen atoms in total. The summed E-state index contributed by atoms with van der Waals surface area (Å²) in [6.07, 6.45) is 18.1. The van der Waals surface area contributed by atoms with Crippen LogP contribution in [0.4, 0.5) is 17.1 Å². The molecular formula is C43H52N4. The average molecular weight is 625 g/mol. The average Bonchev–Trinajstić information content (AvgIpc) is 3.56. The van der Waals surface area contributed by atoms with Crippen LogP contribution in [0.3, 0.4) is 0 Å². The molecule has 0 radical (unpaired) electrons. The first-order valence-corrected chi connectivity index (χ1v) is 16.9. The van der Waals surface area contributed by atoms with Gasteiger partial charge in [-0.05, 0) is 99.0 Å². The summed E-state index contributed by atoms with van der Waals surface area (Å²) in [5.41, 5.74) is 6.90. The van der Waals surface area contributed by atoms with Crippen molar-refractivity contribution in [3.8, 4) is 18.0 Å². The predicted molar refractivity (Wildman–Crippen MR) is 204 cm³/mol. The summed E-state index contributed by atoms with van der Waals surface area (Å²) in [5.74, 6) is 2.57. The molecule has 0 aliphatic rings. The molecule has 47 heavy (non-hydrogen) atoms. The molecule has 0 unspecified atom stereocenters. The summed E-state index contributed by atoms with van der Waals surface area (Å²) in [4.78, 5) is 3.72. The van der Waals surface area contributed by atoms with Crippen LogP contribution in [0.5, 0.6) is 0 Å². The highest BCUT2D eigenvalue weighted by molar-refractivity contribution is 5.44. The molecule has 1 heterocycles. The Morgan fingerprint density at radius 3 is 1.45 bits per heavy atom. The highest BCUT2D eigenvalue weighted by Gasteiger charge is 2.07. The van der Waals surface area contributed by atoms with Crippen LogP contribution >= 0.6 is 0 Å². The Morgan fingerprint density at radius 2 is 1.04 bits per heavy atom. The van der Waals surface area contributed by atoms with Gasteiger partial charge in [0.2, 0.25) is 0 Å². The molecule has 5 rings (SSSR count). The quantitative estimate of drug-likeness (QED) is 0.0573. The topological polar surface area (TPSA) is 42.0 Å². The molecule has 0 fully saturated rings. The third-order valence-corrected chi connectivity index (χ3v) is 7.00. The maximum Gasteiger partial charge on any atom is 0.0857 e. The van der Waals surface area contributed by atoms with Crippen molar-refractivity contribution < 1.29 is 0 Å². The van der Waals surface area contributed by atoms with Gasteiger partial charge in [-0.25, -0.2) is 0 Å². The third kappa shape index (κ3) is 16.8. The minimum Gasteiger partial charge on any atom is -0.321 e. The van der Waals surface area contributed by atoms with Crippen molar-refractivity contribution in [2.75, 3.05) is 0 Å². The van der Waals surface area contributed by atoms with E-state index in [1.807, 2.05) is 91.0 Å². The minimum absolute atomic E-state index is 0.872. The predicted octanol–water partition coefficient (Wildman–Crippen LogP) is 13.1. The number of para-hydroxylation sites is 2. The Morgan fingerprint density at radius 1 is 0.596 bits per heavy atom. The molecule has 0 aliphatic heterocycles. The van der Waals surface area contributed by atoms with E-state index in [0.717, 1.165) is 23.5 Å². The fourth-order valence-corrected chi connectivity index (χ4v) is 4.38. The second-order valence-corrected chi connectivity index (χ2v) is 10.9. The maximum absolute atomic E-state index is 4.96. The molecule has 1 aromatic heterocycles. The van der Waals surface area contributed by atoms with Crippen molar-refractivity contribution in [2.45, 2.75) is 78.6 Å². The van der Waals surface area contributed by atoms with Crippen molar-refractivity contribution in [1.29, 1.82) is 0 Å². The fraction of sp³-hybridized carbons (Fsp3) is 0.279. The summed E-state index contributed by atoms with van der Waals surface area (Å²) < 4.78 is 2.38. The Hall–Kier alpha value is -5.01. The summed E-state index contributed by atoms with van der Waals surface area (Å²) in [7, 11) is 0. The highest BCUT2D eigenvalue weighted by atomic mass is 15.1. The van der Waals surface area contributed by atoms with Crippen LogP contribution < -0.4 is 0 Å². The second-order valence-electron chi connectivity index (χ2n) is 10.9. The highest BCUT2D eigenvalue weighted by Crippen LogP contribution is 2.20. The van der Waals surface area contributed by atoms with Crippen molar-refractivity contribution >= 4 is 23.8 Å². The molecule has 4 aromatic carbocycles. The summed E-state index contributed by atoms with van der Waals surface area (Å²) in [5, 5.41) is 8.20. The van der Waals surface area contributed by atoms with Crippen molar-refractivity contribution in [3.05, 3.63) is 145 Å². The number of aryl methyl sites for hydroxylation is 2. The van der Waals surface area contributed by atoms with Gasteiger partial charge in [-0.15, -0.1) is 12.3 Å². The Kier molecular flexibility index (Phi) is 20.5. The number of nitrogens with zero attached hydrogens (tertiary/aromatic N) is 4. The van der Waals surface area contributed by atoms with E-state index in [-0.39, 0.29) is 0 Å². The van der Waals surface area contributed by atoms with Crippen LogP contribution in [0, 0.1) is 12.3 Å². The molecule has 5 aromatic rings. The first kappa shape index (κ1) is 38.2. The lowest BCUT2D eigenvalue weighted by molar-refractivity contribution is 0.760. The Balaban J connectivity index is 0.000000239. The molecule has 4 heteroatoms. The van der Waals surface area contributed by atoms with Gasteiger partial charge in [0.1, 0.15) is 0 Å². The molecule has 0 saturated carbocycles. The Labute approximate surface area is 284 Å². The van der Waals surface area contributed by atoms with E-state index in [4.69, 9.17) is 6.42 Å². The van der Waals surface area contributed by atoms with Gasteiger partial charge in [-0.1, -0.05) is 113 Å². The molecule has 0 bridgehead atoms. The SMILES string of the molecule is C#CCCCC.C=Nc1ccccc1.CCCCc1cc(CCCC)n(-c2ccccc2)c1.c1ccc(N=Nc2ccccc2)cc1. The summed E-state index contributed by atoms with van der Waals surface area (Å²) in [6.45, 7) is 10.0. The molecule has 0 atom stereocenters. The standard InChI is InChI=1S/C18H25N.C12H10N2.C7H7N.C6H10/c1-3-5-10-16-14-18(11-6-4-2)19(15-16)17-12-8-7-9-13-17;1-3-7-11(8-4-1)13-14-12-9-5-2-6-10-12;1-8-7-5-3-2-4-6-7;1-3-5-6-4-2/h7-9,12-15H,3-6,10-11H2,1-2H3;1-10H;2-6H,1H2;1H,4-6H2,2H3. The fourth-order valence-electron chi connectivity index (χ4n) is 4.38. The van der Waals surface area contributed by atoms with Gasteiger partial charge in [0.25, 0.3) is 0 Å². The van der Waals surface area contributed by atoms with Crippen LogP contribution in [-0.2, 0) is 12.8 Å². The number of unbranched alkanes of at least 4 members (excludes halogenated alkanes) is 4. The van der Waals surface area contributed by atoms with Crippen LogP contribution in [0.25, 0.3) is 5.69 Å². The van der Waals surface area contributed by atoms with E-state index in [9.17, 15) is 0 Å². The zero-order valence-corrected chi connectivity index (χ0v) is 28.6. The van der Waals surface area contributed by atoms with E-state index < -0.39 is 0 Å². The van der Waals surface area contributed by atoms with E-state index in [2.05, 4.69) is 95.8 Å². The number of hydrogen-bond acceptors (Lipinski definition) is 3. The van der Waals surface area contributed by atoms with Crippen molar-refractivity contribution in [1.82, 2.24) is 4.57 Å². The number of azo groups is 1. The lowest BCUT2D eigenvalue weighted by Gasteiger charge is -2.08. The number of benzene rings is 4. The summed E-state index contributed by atoms with van der Waals surface area (Å²) in [6, 6.07) is 42.1. The van der Waals surface area contributed by atoms with Crippen LogP contribution in [0.15, 0.2) is 149 Å². The minimum atomic E-state index is 0.872. The van der Waals surface area contributed by atoms with E-state index >= 15 is 0 Å². The van der Waals surface area contributed by atoms with Crippen LogP contribution in [-0.4, -0.2) is 11.3 Å². The largest absolute Gasteiger partial charge is 0.321 e. The van der Waals surface area contributed by atoms with Crippen LogP contribution in [0.2, 0.25) is 0 Å². The first-order chi connectivity index (χ1) is 23.1. The number of terminal acetylenes is 1. The Bertz CT molecular complexity index is 1490. The van der Waals surface area contributed by atoms with Crippen LogP contribution in [0.1, 0.15) is 77.0 Å². The molecule has 0 amide bonds. The zero-order valence-electron chi connectivity index (χ0n) is 28.6. The smallest absolute Gasteiger partial charge is 0.0857 e. The zero-order chi connectivity index (χ0) is 33.8. The molecule has 0 N–H and O–H groups in total. The van der Waals surface area contributed by atoms with Gasteiger partial charge in [0.15, 0.2) is 0 Å². The molecule has 0 aliphatic carbocycles.